The molecule has 0 fully saturated rings. The Morgan fingerprint density at radius 3 is 2.04 bits per heavy atom. The summed E-state index contributed by atoms with van der Waals surface area (Å²) in [6.07, 6.45) is -1.36. The molecule has 0 saturated carbocycles. The Bertz CT molecular complexity index is 324. The fourth-order valence-electron chi connectivity index (χ4n) is 1.61. The summed E-state index contributed by atoms with van der Waals surface area (Å²) in [7, 11) is 6.77. The van der Waals surface area contributed by atoms with Crippen molar-refractivity contribution in [3.63, 3.8) is 0 Å². The molecule has 0 aromatic carbocycles. The van der Waals surface area contributed by atoms with Crippen LogP contribution in [-0.2, 0) is 18.9 Å². The van der Waals surface area contributed by atoms with Crippen molar-refractivity contribution >= 4 is 13.7 Å². The van der Waals surface area contributed by atoms with Gasteiger partial charge in [0.2, 0.25) is 0 Å². The van der Waals surface area contributed by atoms with E-state index in [-0.39, 0.29) is 13.2 Å². The summed E-state index contributed by atoms with van der Waals surface area (Å²) < 4.78 is 35.3. The molecule has 2 N–H and O–H groups in total. The van der Waals surface area contributed by atoms with Crippen LogP contribution in [0.2, 0.25) is 0 Å². The second-order valence-electron chi connectivity index (χ2n) is 5.61. The van der Waals surface area contributed by atoms with E-state index in [4.69, 9.17) is 26.8 Å². The van der Waals surface area contributed by atoms with Gasteiger partial charge in [-0.15, -0.1) is 0 Å². The Balaban J connectivity index is 3.46. The average molecular weight is 348 g/mol. The first kappa shape index (κ1) is 23.3. The third-order valence-electron chi connectivity index (χ3n) is 3.15. The highest BCUT2D eigenvalue weighted by Gasteiger charge is 2.30. The van der Waals surface area contributed by atoms with E-state index in [2.05, 4.69) is 10.6 Å². The summed E-state index contributed by atoms with van der Waals surface area (Å²) >= 11 is 0. The van der Waals surface area contributed by atoms with Gasteiger partial charge in [0, 0.05) is 6.54 Å². The first-order chi connectivity index (χ1) is 11.4. The van der Waals surface area contributed by atoms with Crippen LogP contribution in [0.15, 0.2) is 0 Å². The number of halogens is 1. The van der Waals surface area contributed by atoms with Crippen LogP contribution in [0.5, 0.6) is 0 Å². The third-order valence-corrected chi connectivity index (χ3v) is 3.15. The van der Waals surface area contributed by atoms with Gasteiger partial charge >= 0.3 is 0 Å². The summed E-state index contributed by atoms with van der Waals surface area (Å²) in [6, 6.07) is 0. The van der Waals surface area contributed by atoms with Crippen LogP contribution in [-0.4, -0.2) is 91.8 Å². The molecule has 0 aliphatic carbocycles. The molecule has 2 radical (unpaired) electrons. The summed E-state index contributed by atoms with van der Waals surface area (Å²) in [5.41, 5.74) is -1.03. The number of hydrogen-bond donors (Lipinski definition) is 2. The molecule has 7 nitrogen and oxygen atoms in total. The van der Waals surface area contributed by atoms with Crippen LogP contribution < -0.4 is 10.6 Å². The zero-order chi connectivity index (χ0) is 18.3. The van der Waals surface area contributed by atoms with E-state index in [1.54, 1.807) is 13.8 Å². The second-order valence-corrected chi connectivity index (χ2v) is 5.61. The summed E-state index contributed by atoms with van der Waals surface area (Å²) in [5, 5.41) is 5.20. The fraction of sp³-hybridized carbons (Fsp3) is 0.933. The number of amides is 1. The van der Waals surface area contributed by atoms with Gasteiger partial charge < -0.3 is 29.6 Å². The Labute approximate surface area is 145 Å². The van der Waals surface area contributed by atoms with Crippen molar-refractivity contribution in [1.29, 1.82) is 0 Å². The Morgan fingerprint density at radius 1 is 1.04 bits per heavy atom. The van der Waals surface area contributed by atoms with E-state index in [9.17, 15) is 9.18 Å². The van der Waals surface area contributed by atoms with E-state index in [1.807, 2.05) is 7.05 Å². The van der Waals surface area contributed by atoms with E-state index in [1.165, 1.54) is 0 Å². The number of carbonyl (C=O) groups is 1. The molecule has 0 aromatic heterocycles. The van der Waals surface area contributed by atoms with Gasteiger partial charge in [-0.25, -0.2) is 4.39 Å². The molecule has 0 aromatic rings. The summed E-state index contributed by atoms with van der Waals surface area (Å²) in [6.45, 7) is 7.06. The zero-order valence-corrected chi connectivity index (χ0v) is 14.9. The molecule has 0 heterocycles. The molecule has 0 saturated heterocycles. The van der Waals surface area contributed by atoms with Crippen LogP contribution in [0.25, 0.3) is 0 Å². The number of ether oxygens (including phenoxy) is 4. The molecular weight excluding hydrogens is 318 g/mol. The molecule has 1 atom stereocenters. The predicted molar refractivity (Wildman–Crippen MR) is 90.5 cm³/mol. The second kappa shape index (κ2) is 14.6. The topological polar surface area (TPSA) is 78.1 Å². The summed E-state index contributed by atoms with van der Waals surface area (Å²) in [4.78, 5) is 10.6. The monoisotopic (exact) mass is 348 g/mol. The number of nitrogens with one attached hydrogen (secondary N) is 2. The maximum Gasteiger partial charge on any atom is 0.200 e. The normalized spacial score (nSPS) is 13.0. The van der Waals surface area contributed by atoms with Gasteiger partial charge in [0.1, 0.15) is 6.17 Å². The number of carbonyl (C=O) groups excluding carboxylic acids is 1. The maximum absolute atomic E-state index is 13.9. The third kappa shape index (κ3) is 13.7. The molecule has 24 heavy (non-hydrogen) atoms. The Morgan fingerprint density at radius 2 is 1.54 bits per heavy atom. The predicted octanol–water partition coefficient (Wildman–Crippen LogP) is 0.267. The van der Waals surface area contributed by atoms with Crippen molar-refractivity contribution in [1.82, 2.24) is 10.6 Å². The van der Waals surface area contributed by atoms with Gasteiger partial charge in [0.05, 0.1) is 58.4 Å². The van der Waals surface area contributed by atoms with Gasteiger partial charge in [-0.05, 0) is 20.9 Å². The molecule has 9 heteroatoms. The minimum atomic E-state index is -1.36. The minimum absolute atomic E-state index is 0.187. The van der Waals surface area contributed by atoms with Crippen molar-refractivity contribution in [3.05, 3.63) is 0 Å². The van der Waals surface area contributed by atoms with Crippen LogP contribution >= 0.6 is 0 Å². The SMILES string of the molecule is [B]C(=O)NCC(F)C(C)(C)OCCOCCOCCOCCNC. The highest BCUT2D eigenvalue weighted by Crippen LogP contribution is 2.17. The highest BCUT2D eigenvalue weighted by atomic mass is 19.1. The molecule has 0 bridgehead atoms. The molecular formula is C15H30BFN2O5. The number of alkyl halides is 1. The minimum Gasteiger partial charge on any atom is -0.378 e. The van der Waals surface area contributed by atoms with E-state index < -0.39 is 17.6 Å². The lowest BCUT2D eigenvalue weighted by Gasteiger charge is -2.29. The first-order valence-corrected chi connectivity index (χ1v) is 8.09. The molecule has 1 unspecified atom stereocenters. The van der Waals surface area contributed by atoms with Crippen molar-refractivity contribution in [2.75, 3.05) is 66.4 Å². The fourth-order valence-corrected chi connectivity index (χ4v) is 1.61. The van der Waals surface area contributed by atoms with Gasteiger partial charge in [0.15, 0.2) is 13.7 Å². The van der Waals surface area contributed by atoms with E-state index in [0.29, 0.717) is 39.6 Å². The van der Waals surface area contributed by atoms with Gasteiger partial charge in [-0.3, -0.25) is 4.79 Å². The highest BCUT2D eigenvalue weighted by molar-refractivity contribution is 6.57. The Hall–Kier alpha value is -0.735. The smallest absolute Gasteiger partial charge is 0.200 e. The number of rotatable bonds is 16. The lowest BCUT2D eigenvalue weighted by atomic mass is 10.0. The Kier molecular flexibility index (Phi) is 14.1. The van der Waals surface area contributed by atoms with Crippen LogP contribution in [0.4, 0.5) is 9.18 Å². The zero-order valence-electron chi connectivity index (χ0n) is 14.9. The molecule has 0 aliphatic heterocycles. The maximum atomic E-state index is 13.9. The molecule has 0 spiro atoms. The quantitative estimate of drug-likeness (QED) is 0.308. The lowest BCUT2D eigenvalue weighted by Crippen LogP contribution is -2.44. The standard InChI is InChI=1S/C15H30BFN2O5/c1-15(2,13(17)12-19-14(16)20)24-11-10-23-9-8-22-7-6-21-5-4-18-3/h13,18H,4-12H2,1-3H3,(H,19,20). The van der Waals surface area contributed by atoms with E-state index >= 15 is 0 Å². The summed E-state index contributed by atoms with van der Waals surface area (Å²) in [5.74, 6) is -0.760. The van der Waals surface area contributed by atoms with Crippen LogP contribution in [0.3, 0.4) is 0 Å². The van der Waals surface area contributed by atoms with Gasteiger partial charge in [-0.1, -0.05) is 0 Å². The van der Waals surface area contributed by atoms with Crippen LogP contribution in [0, 0.1) is 0 Å². The average Bonchev–Trinajstić information content (AvgIpc) is 2.53. The first-order valence-electron chi connectivity index (χ1n) is 8.09. The molecule has 140 valence electrons. The van der Waals surface area contributed by atoms with Gasteiger partial charge in [0.25, 0.3) is 0 Å². The molecule has 0 aliphatic rings. The van der Waals surface area contributed by atoms with Gasteiger partial charge in [-0.2, -0.15) is 0 Å². The lowest BCUT2D eigenvalue weighted by molar-refractivity contribution is -0.0893. The van der Waals surface area contributed by atoms with Crippen LogP contribution in [0.1, 0.15) is 13.8 Å². The molecule has 1 amide bonds. The largest absolute Gasteiger partial charge is 0.378 e. The van der Waals surface area contributed by atoms with Crippen molar-refractivity contribution in [2.45, 2.75) is 25.6 Å². The number of hydrogen-bond acceptors (Lipinski definition) is 6. The van der Waals surface area contributed by atoms with Crippen molar-refractivity contribution in [2.24, 2.45) is 0 Å². The van der Waals surface area contributed by atoms with Crippen molar-refractivity contribution in [3.8, 4) is 0 Å². The van der Waals surface area contributed by atoms with E-state index in [0.717, 1.165) is 6.54 Å². The van der Waals surface area contributed by atoms with Crippen molar-refractivity contribution < 1.29 is 28.1 Å². The molecule has 0 rings (SSSR count). The number of likely N-dealkylation sites (N-methyl/N-ethyl adjacent to an activating group) is 1.